The van der Waals surface area contributed by atoms with Gasteiger partial charge in [-0.1, -0.05) is 24.3 Å². The Morgan fingerprint density at radius 3 is 1.55 bits per heavy atom. The smallest absolute Gasteiger partial charge is 0.185 e. The van der Waals surface area contributed by atoms with Crippen LogP contribution in [0.3, 0.4) is 0 Å². The number of nitrogens with zero attached hydrogens (tertiary/aromatic N) is 2. The van der Waals surface area contributed by atoms with Crippen molar-refractivity contribution in [2.75, 3.05) is 42.6 Å². The molecule has 0 aliphatic heterocycles. The minimum atomic E-state index is 0.140. The molecule has 1 aliphatic carbocycles. The van der Waals surface area contributed by atoms with E-state index in [0.29, 0.717) is 6.54 Å². The van der Waals surface area contributed by atoms with Gasteiger partial charge in [0.1, 0.15) is 0 Å². The van der Waals surface area contributed by atoms with Gasteiger partial charge >= 0.3 is 0 Å². The van der Waals surface area contributed by atoms with Crippen molar-refractivity contribution < 1.29 is 9.90 Å². The first kappa shape index (κ1) is 22.8. The van der Waals surface area contributed by atoms with Gasteiger partial charge in [0.15, 0.2) is 5.78 Å². The Morgan fingerprint density at radius 2 is 1.16 bits per heavy atom. The Hall–Kier alpha value is -2.85. The number of Topliss-reactive ketones (excluding diaryl/α,β-unsaturated/α-hetero) is 1. The molecule has 0 atom stereocenters. The monoisotopic (exact) mass is 418 g/mol. The maximum Gasteiger partial charge on any atom is 0.185 e. The van der Waals surface area contributed by atoms with Crippen molar-refractivity contribution in [1.29, 1.82) is 0 Å². The number of hydrogen-bond donors (Lipinski definition) is 1. The Bertz CT molecular complexity index is 923. The maximum atomic E-state index is 12.9. The van der Waals surface area contributed by atoms with Gasteiger partial charge in [-0.2, -0.15) is 0 Å². The zero-order valence-electron chi connectivity index (χ0n) is 19.0. The van der Waals surface area contributed by atoms with Crippen molar-refractivity contribution in [3.05, 3.63) is 70.8 Å². The van der Waals surface area contributed by atoms with E-state index in [0.717, 1.165) is 60.4 Å². The molecule has 0 bridgehead atoms. The quantitative estimate of drug-likeness (QED) is 0.570. The first-order chi connectivity index (χ1) is 15.1. The molecule has 1 aliphatic rings. The van der Waals surface area contributed by atoms with Crippen LogP contribution in [-0.4, -0.2) is 43.7 Å². The number of carbonyl (C=O) groups excluding carboxylic acids is 1. The van der Waals surface area contributed by atoms with Crippen LogP contribution >= 0.6 is 0 Å². The van der Waals surface area contributed by atoms with E-state index >= 15 is 0 Å². The third-order valence-corrected chi connectivity index (χ3v) is 5.96. The van der Waals surface area contributed by atoms with Gasteiger partial charge in [0.05, 0.1) is 6.61 Å². The number of aliphatic hydroxyl groups is 1. The molecular formula is C27H34N2O2. The molecule has 4 nitrogen and oxygen atoms in total. The fraction of sp³-hybridized carbons (Fsp3) is 0.370. The second kappa shape index (κ2) is 11.0. The lowest BCUT2D eigenvalue weighted by Gasteiger charge is -2.21. The zero-order chi connectivity index (χ0) is 22.2. The van der Waals surface area contributed by atoms with Gasteiger partial charge < -0.3 is 14.9 Å². The Morgan fingerprint density at radius 1 is 0.742 bits per heavy atom. The minimum Gasteiger partial charge on any atom is -0.395 e. The average molecular weight is 419 g/mol. The number of carbonyl (C=O) groups is 1. The predicted molar refractivity (Wildman–Crippen MR) is 132 cm³/mol. The van der Waals surface area contributed by atoms with Crippen LogP contribution < -0.4 is 9.80 Å². The van der Waals surface area contributed by atoms with E-state index in [-0.39, 0.29) is 12.4 Å². The van der Waals surface area contributed by atoms with E-state index in [1.54, 1.807) is 0 Å². The molecule has 0 amide bonds. The van der Waals surface area contributed by atoms with E-state index in [9.17, 15) is 9.90 Å². The number of allylic oxidation sites excluding steroid dienone is 2. The van der Waals surface area contributed by atoms with Crippen LogP contribution in [0.5, 0.6) is 0 Å². The summed E-state index contributed by atoms with van der Waals surface area (Å²) in [6.07, 6.45) is 5.63. The van der Waals surface area contributed by atoms with Gasteiger partial charge in [0.2, 0.25) is 0 Å². The van der Waals surface area contributed by atoms with Crippen molar-refractivity contribution in [2.45, 2.75) is 33.6 Å². The molecule has 164 valence electrons. The van der Waals surface area contributed by atoms with Crippen LogP contribution in [0.2, 0.25) is 0 Å². The van der Waals surface area contributed by atoms with Crippen LogP contribution in [0.4, 0.5) is 11.4 Å². The number of anilines is 2. The number of benzene rings is 2. The molecule has 31 heavy (non-hydrogen) atoms. The Labute approximate surface area is 186 Å². The summed E-state index contributed by atoms with van der Waals surface area (Å²) in [6.45, 7) is 9.99. The average Bonchev–Trinajstić information content (AvgIpc) is 3.13. The number of rotatable bonds is 9. The Kier molecular flexibility index (Phi) is 8.07. The minimum absolute atomic E-state index is 0.140. The highest BCUT2D eigenvalue weighted by molar-refractivity contribution is 6.15. The SMILES string of the molecule is CCN(CC)c1ccc(C=C2CCC(=Cc3ccc(N(CC)CCO)cc3)C2=O)cc1. The third-order valence-electron chi connectivity index (χ3n) is 5.96. The second-order valence-electron chi connectivity index (χ2n) is 7.83. The molecule has 0 saturated heterocycles. The number of likely N-dealkylation sites (N-methyl/N-ethyl adjacent to an activating group) is 1. The van der Waals surface area contributed by atoms with Gasteiger partial charge in [0.25, 0.3) is 0 Å². The maximum absolute atomic E-state index is 12.9. The summed E-state index contributed by atoms with van der Waals surface area (Å²) in [4.78, 5) is 17.3. The van der Waals surface area contributed by atoms with Crippen LogP contribution in [-0.2, 0) is 4.79 Å². The molecule has 0 heterocycles. The molecule has 0 unspecified atom stereocenters. The lowest BCUT2D eigenvalue weighted by molar-refractivity contribution is -0.111. The highest BCUT2D eigenvalue weighted by atomic mass is 16.3. The summed E-state index contributed by atoms with van der Waals surface area (Å²) in [7, 11) is 0. The highest BCUT2D eigenvalue weighted by Crippen LogP contribution is 2.30. The molecular weight excluding hydrogens is 384 g/mol. The summed E-state index contributed by atoms with van der Waals surface area (Å²) in [5.74, 6) is 0.160. The molecule has 1 saturated carbocycles. The van der Waals surface area contributed by atoms with E-state index in [4.69, 9.17) is 0 Å². The van der Waals surface area contributed by atoms with Crippen molar-refractivity contribution in [3.8, 4) is 0 Å². The zero-order valence-corrected chi connectivity index (χ0v) is 19.0. The standard InChI is InChI=1S/C27H34N2O2/c1-4-28(5-2)25-13-7-21(8-14-25)19-23-11-12-24(27(23)31)20-22-9-15-26(16-10-22)29(6-3)17-18-30/h7-10,13-16,19-20,30H,4-6,11-12,17-18H2,1-3H3. The third kappa shape index (κ3) is 5.65. The summed E-state index contributed by atoms with van der Waals surface area (Å²) in [5, 5.41) is 9.20. The summed E-state index contributed by atoms with van der Waals surface area (Å²) in [5.41, 5.74) is 6.19. The van der Waals surface area contributed by atoms with Gasteiger partial charge in [-0.05, 0) is 81.2 Å². The van der Waals surface area contributed by atoms with Gasteiger partial charge in [-0.25, -0.2) is 0 Å². The first-order valence-corrected chi connectivity index (χ1v) is 11.4. The molecule has 2 aromatic rings. The van der Waals surface area contributed by atoms with Crippen molar-refractivity contribution >= 4 is 29.3 Å². The van der Waals surface area contributed by atoms with E-state index in [1.807, 2.05) is 24.3 Å². The molecule has 1 fully saturated rings. The van der Waals surface area contributed by atoms with Crippen LogP contribution in [0.25, 0.3) is 12.2 Å². The van der Waals surface area contributed by atoms with E-state index in [1.165, 1.54) is 5.69 Å². The summed E-state index contributed by atoms with van der Waals surface area (Å²) < 4.78 is 0. The fourth-order valence-corrected chi connectivity index (χ4v) is 4.12. The lowest BCUT2D eigenvalue weighted by atomic mass is 10.1. The molecule has 0 radical (unpaired) electrons. The van der Waals surface area contributed by atoms with Gasteiger partial charge in [0, 0.05) is 48.7 Å². The highest BCUT2D eigenvalue weighted by Gasteiger charge is 2.23. The van der Waals surface area contributed by atoms with Crippen LogP contribution in [0.1, 0.15) is 44.7 Å². The lowest BCUT2D eigenvalue weighted by Crippen LogP contribution is -2.25. The second-order valence-corrected chi connectivity index (χ2v) is 7.83. The molecule has 2 aromatic carbocycles. The van der Waals surface area contributed by atoms with Gasteiger partial charge in [-0.15, -0.1) is 0 Å². The van der Waals surface area contributed by atoms with Crippen molar-refractivity contribution in [3.63, 3.8) is 0 Å². The topological polar surface area (TPSA) is 43.8 Å². The summed E-state index contributed by atoms with van der Waals surface area (Å²) in [6, 6.07) is 16.7. The first-order valence-electron chi connectivity index (χ1n) is 11.4. The van der Waals surface area contributed by atoms with Crippen LogP contribution in [0.15, 0.2) is 59.7 Å². The molecule has 0 spiro atoms. The molecule has 1 N–H and O–H groups in total. The largest absolute Gasteiger partial charge is 0.395 e. The number of aliphatic hydroxyl groups excluding tert-OH is 1. The van der Waals surface area contributed by atoms with E-state index in [2.05, 4.69) is 67.0 Å². The molecule has 3 rings (SSSR count). The van der Waals surface area contributed by atoms with Crippen LogP contribution in [0, 0.1) is 0 Å². The van der Waals surface area contributed by atoms with Gasteiger partial charge in [-0.3, -0.25) is 4.79 Å². The normalized spacial score (nSPS) is 16.3. The fourth-order valence-electron chi connectivity index (χ4n) is 4.12. The molecule has 4 heteroatoms. The molecule has 0 aromatic heterocycles. The predicted octanol–water partition coefficient (Wildman–Crippen LogP) is 5.18. The Balaban J connectivity index is 1.71. The van der Waals surface area contributed by atoms with E-state index < -0.39 is 0 Å². The number of ketones is 1. The summed E-state index contributed by atoms with van der Waals surface area (Å²) >= 11 is 0. The van der Waals surface area contributed by atoms with Crippen molar-refractivity contribution in [2.24, 2.45) is 0 Å². The number of hydrogen-bond acceptors (Lipinski definition) is 4. The van der Waals surface area contributed by atoms with Crippen molar-refractivity contribution in [1.82, 2.24) is 0 Å².